The van der Waals surface area contributed by atoms with Crippen molar-refractivity contribution in [3.8, 4) is 0 Å². The predicted octanol–water partition coefficient (Wildman–Crippen LogP) is 2.86. The van der Waals surface area contributed by atoms with E-state index in [0.717, 1.165) is 4.01 Å². The molecule has 0 spiro atoms. The second-order valence-electron chi connectivity index (χ2n) is 2.82. The molecule has 0 aliphatic heterocycles. The zero-order valence-corrected chi connectivity index (χ0v) is 8.87. The number of carbonyl (C=O) groups excluding carboxylic acids is 1. The number of rotatable bonds is 2. The Kier molecular flexibility index (Phi) is 2.13. The van der Waals surface area contributed by atoms with Crippen molar-refractivity contribution in [2.75, 3.05) is 0 Å². The van der Waals surface area contributed by atoms with Crippen LogP contribution in [0.25, 0.3) is 9.40 Å². The molecule has 5 heteroatoms. The normalized spacial score (nSPS) is 10.6. The van der Waals surface area contributed by atoms with Gasteiger partial charge in [-0.25, -0.2) is 4.79 Å². The van der Waals surface area contributed by atoms with Gasteiger partial charge in [0, 0.05) is 21.7 Å². The fraction of sp³-hybridized carbons (Fsp3) is 0.111. The summed E-state index contributed by atoms with van der Waals surface area (Å²) in [5.41, 5.74) is 0.750. The summed E-state index contributed by atoms with van der Waals surface area (Å²) in [6.07, 6.45) is 0. The van der Waals surface area contributed by atoms with Crippen LogP contribution < -0.4 is 0 Å². The average Bonchev–Trinajstić information content (AvgIpc) is 2.59. The van der Waals surface area contributed by atoms with E-state index < -0.39 is 5.97 Å². The Hall–Kier alpha value is -1.20. The first-order valence-electron chi connectivity index (χ1n) is 3.84. The molecule has 72 valence electrons. The van der Waals surface area contributed by atoms with E-state index in [-0.39, 0.29) is 11.3 Å². The number of Topliss-reactive ketones (excluding diaryl/α,β-unsaturated/α-hetero) is 1. The Morgan fingerprint density at radius 2 is 1.79 bits per heavy atom. The summed E-state index contributed by atoms with van der Waals surface area (Å²) in [5.74, 6) is -1.06. The van der Waals surface area contributed by atoms with Crippen LogP contribution in [0.1, 0.15) is 27.6 Å². The van der Waals surface area contributed by atoms with E-state index in [1.165, 1.54) is 29.6 Å². The molecule has 0 unspecified atom stereocenters. The second-order valence-corrected chi connectivity index (χ2v) is 4.84. The van der Waals surface area contributed by atoms with E-state index in [4.69, 9.17) is 5.11 Å². The van der Waals surface area contributed by atoms with Crippen molar-refractivity contribution in [1.82, 2.24) is 0 Å². The molecular formula is C9H6O3S2. The fourth-order valence-corrected chi connectivity index (χ4v) is 3.41. The van der Waals surface area contributed by atoms with Gasteiger partial charge in [-0.15, -0.1) is 22.7 Å². The summed E-state index contributed by atoms with van der Waals surface area (Å²) in [6.45, 7) is 1.45. The standard InChI is InChI=1S/C9H6O3S2/c1-4(10)5-2-13-9-7(5)6(3-14-9)8(11)12/h2-3H,1H3,(H,11,12). The number of carboxylic acids is 1. The molecule has 1 N–H and O–H groups in total. The summed E-state index contributed by atoms with van der Waals surface area (Å²) in [7, 11) is 0. The summed E-state index contributed by atoms with van der Waals surface area (Å²) in [4.78, 5) is 22.1. The zero-order chi connectivity index (χ0) is 10.3. The molecule has 0 amide bonds. The number of carboxylic acid groups (broad SMARTS) is 1. The largest absolute Gasteiger partial charge is 0.478 e. The minimum absolute atomic E-state index is 0.0860. The molecule has 0 aromatic carbocycles. The van der Waals surface area contributed by atoms with Crippen molar-refractivity contribution in [2.24, 2.45) is 0 Å². The highest BCUT2D eigenvalue weighted by Gasteiger charge is 2.17. The van der Waals surface area contributed by atoms with Crippen LogP contribution in [0.2, 0.25) is 0 Å². The summed E-state index contributed by atoms with van der Waals surface area (Å²) in [5, 5.41) is 12.8. The average molecular weight is 226 g/mol. The number of aromatic carboxylic acids is 1. The molecule has 0 saturated heterocycles. The number of carbonyl (C=O) groups is 2. The topological polar surface area (TPSA) is 54.4 Å². The monoisotopic (exact) mass is 226 g/mol. The van der Waals surface area contributed by atoms with E-state index in [2.05, 4.69) is 0 Å². The van der Waals surface area contributed by atoms with E-state index in [1.807, 2.05) is 0 Å². The van der Waals surface area contributed by atoms with Gasteiger partial charge in [0.05, 0.1) is 9.58 Å². The van der Waals surface area contributed by atoms with Gasteiger partial charge in [0.15, 0.2) is 5.78 Å². The molecular weight excluding hydrogens is 220 g/mol. The minimum Gasteiger partial charge on any atom is -0.478 e. The third-order valence-corrected chi connectivity index (χ3v) is 4.04. The van der Waals surface area contributed by atoms with E-state index >= 15 is 0 Å². The van der Waals surface area contributed by atoms with Crippen LogP contribution in [0.5, 0.6) is 0 Å². The highest BCUT2D eigenvalue weighted by atomic mass is 32.2. The Labute approximate surface area is 87.6 Å². The molecule has 0 saturated carbocycles. The lowest BCUT2D eigenvalue weighted by molar-refractivity contribution is 0.0699. The van der Waals surface area contributed by atoms with Crippen molar-refractivity contribution >= 4 is 43.8 Å². The van der Waals surface area contributed by atoms with Gasteiger partial charge >= 0.3 is 5.97 Å². The summed E-state index contributed by atoms with van der Waals surface area (Å²) < 4.78 is 0.896. The maximum Gasteiger partial charge on any atom is 0.337 e. The van der Waals surface area contributed by atoms with Crippen molar-refractivity contribution in [2.45, 2.75) is 6.92 Å². The van der Waals surface area contributed by atoms with Crippen LogP contribution in [0, 0.1) is 0 Å². The third-order valence-electron chi connectivity index (χ3n) is 1.92. The van der Waals surface area contributed by atoms with Gasteiger partial charge in [-0.1, -0.05) is 0 Å². The van der Waals surface area contributed by atoms with Crippen molar-refractivity contribution in [3.05, 3.63) is 21.9 Å². The van der Waals surface area contributed by atoms with Gasteiger partial charge in [0.1, 0.15) is 0 Å². The van der Waals surface area contributed by atoms with Gasteiger partial charge in [-0.3, -0.25) is 4.79 Å². The van der Waals surface area contributed by atoms with E-state index in [0.29, 0.717) is 10.9 Å². The number of thiophene rings is 2. The number of ketones is 1. The zero-order valence-electron chi connectivity index (χ0n) is 7.23. The van der Waals surface area contributed by atoms with E-state index in [9.17, 15) is 9.59 Å². The first kappa shape index (κ1) is 9.36. The van der Waals surface area contributed by atoms with Gasteiger partial charge in [0.25, 0.3) is 0 Å². The van der Waals surface area contributed by atoms with Crippen molar-refractivity contribution in [1.29, 1.82) is 0 Å². The molecule has 0 bridgehead atoms. The number of hydrogen-bond donors (Lipinski definition) is 1. The number of fused-ring (bicyclic) bond motifs is 1. The Morgan fingerprint density at radius 3 is 2.29 bits per heavy atom. The van der Waals surface area contributed by atoms with Gasteiger partial charge in [-0.2, -0.15) is 0 Å². The lowest BCUT2D eigenvalue weighted by Gasteiger charge is -1.91. The molecule has 0 atom stereocenters. The van der Waals surface area contributed by atoms with Crippen LogP contribution >= 0.6 is 22.7 Å². The molecule has 0 aliphatic carbocycles. The molecule has 14 heavy (non-hydrogen) atoms. The molecule has 2 aromatic rings. The number of hydrogen-bond acceptors (Lipinski definition) is 4. The van der Waals surface area contributed by atoms with Gasteiger partial charge in [-0.05, 0) is 6.92 Å². The van der Waals surface area contributed by atoms with Crippen LogP contribution in [0.3, 0.4) is 0 Å². The highest BCUT2D eigenvalue weighted by Crippen LogP contribution is 2.34. The lowest BCUT2D eigenvalue weighted by atomic mass is 10.1. The minimum atomic E-state index is -0.975. The summed E-state index contributed by atoms with van der Waals surface area (Å²) in [6, 6.07) is 0. The molecule has 0 aliphatic rings. The second kappa shape index (κ2) is 3.18. The Morgan fingerprint density at radius 1 is 1.21 bits per heavy atom. The van der Waals surface area contributed by atoms with Crippen LogP contribution in [0.4, 0.5) is 0 Å². The quantitative estimate of drug-likeness (QED) is 0.801. The Balaban J connectivity index is 2.80. The van der Waals surface area contributed by atoms with Crippen LogP contribution in [-0.2, 0) is 0 Å². The van der Waals surface area contributed by atoms with Crippen LogP contribution in [-0.4, -0.2) is 16.9 Å². The molecule has 0 fully saturated rings. The SMILES string of the molecule is CC(=O)c1csc2scc(C(=O)O)c12. The first-order valence-corrected chi connectivity index (χ1v) is 5.60. The molecule has 3 nitrogen and oxygen atoms in total. The molecule has 2 rings (SSSR count). The maximum absolute atomic E-state index is 11.2. The van der Waals surface area contributed by atoms with Crippen molar-refractivity contribution in [3.63, 3.8) is 0 Å². The van der Waals surface area contributed by atoms with Gasteiger partial charge < -0.3 is 5.11 Å². The predicted molar refractivity (Wildman–Crippen MR) is 56.7 cm³/mol. The van der Waals surface area contributed by atoms with Crippen LogP contribution in [0.15, 0.2) is 10.8 Å². The molecule has 2 heterocycles. The maximum atomic E-state index is 11.2. The third kappa shape index (κ3) is 1.25. The summed E-state index contributed by atoms with van der Waals surface area (Å²) >= 11 is 2.78. The van der Waals surface area contributed by atoms with Gasteiger partial charge in [0.2, 0.25) is 0 Å². The Bertz CT molecular complexity index is 478. The molecule has 0 radical (unpaired) electrons. The van der Waals surface area contributed by atoms with Crippen molar-refractivity contribution < 1.29 is 14.7 Å². The van der Waals surface area contributed by atoms with E-state index in [1.54, 1.807) is 10.8 Å². The first-order chi connectivity index (χ1) is 6.61. The fourth-order valence-electron chi connectivity index (χ4n) is 1.27. The lowest BCUT2D eigenvalue weighted by Crippen LogP contribution is -1.97. The smallest absolute Gasteiger partial charge is 0.337 e. The highest BCUT2D eigenvalue weighted by molar-refractivity contribution is 7.37. The molecule has 2 aromatic heterocycles.